The molecule has 0 aliphatic heterocycles. The van der Waals surface area contributed by atoms with Gasteiger partial charge in [-0.1, -0.05) is 65.7 Å². The monoisotopic (exact) mass is 422 g/mol. The normalized spacial score (nSPS) is 11.5. The molecule has 156 valence electrons. The second-order valence-corrected chi connectivity index (χ2v) is 9.38. The average Bonchev–Trinajstić information content (AvgIpc) is 2.69. The first-order chi connectivity index (χ1) is 14.3. The number of hydrogen-bond acceptors (Lipinski definition) is 3. The number of carbonyl (C=O) groups excluding carboxylic acids is 1. The standard InChI is InChI=1S/C24H26N2O3S/c1-18-11-13-22(14-12-18)30(28,29)26(16-21-9-6-7-19(2)15-21)17-24(27)25-23-10-5-4-8-20(23)3/h4-15H,16-17H2,1-3H3,(H,25,27). The van der Waals surface area contributed by atoms with E-state index in [0.29, 0.717) is 5.69 Å². The smallest absolute Gasteiger partial charge is 0.243 e. The maximum atomic E-state index is 13.3. The molecular weight excluding hydrogens is 396 g/mol. The van der Waals surface area contributed by atoms with Crippen molar-refractivity contribution < 1.29 is 13.2 Å². The third-order valence-corrected chi connectivity index (χ3v) is 6.65. The second-order valence-electron chi connectivity index (χ2n) is 7.44. The summed E-state index contributed by atoms with van der Waals surface area (Å²) < 4.78 is 27.9. The van der Waals surface area contributed by atoms with Crippen LogP contribution in [-0.2, 0) is 21.4 Å². The molecule has 0 fully saturated rings. The highest BCUT2D eigenvalue weighted by Gasteiger charge is 2.27. The van der Waals surface area contributed by atoms with E-state index in [9.17, 15) is 13.2 Å². The van der Waals surface area contributed by atoms with E-state index in [0.717, 1.165) is 22.3 Å². The lowest BCUT2D eigenvalue weighted by Gasteiger charge is -2.22. The van der Waals surface area contributed by atoms with Crippen LogP contribution in [0.15, 0.2) is 77.7 Å². The molecule has 0 saturated carbocycles. The Morgan fingerprint density at radius 3 is 2.23 bits per heavy atom. The average molecular weight is 423 g/mol. The lowest BCUT2D eigenvalue weighted by molar-refractivity contribution is -0.116. The molecule has 0 heterocycles. The Kier molecular flexibility index (Phi) is 6.70. The molecule has 0 aromatic heterocycles. The Morgan fingerprint density at radius 1 is 0.867 bits per heavy atom. The molecule has 3 aromatic carbocycles. The number of aryl methyl sites for hydroxylation is 3. The van der Waals surface area contributed by atoms with E-state index in [-0.39, 0.29) is 23.9 Å². The third kappa shape index (κ3) is 5.34. The Bertz CT molecular complexity index is 1140. The Labute approximate surface area is 178 Å². The van der Waals surface area contributed by atoms with Crippen LogP contribution in [0.5, 0.6) is 0 Å². The predicted molar refractivity (Wildman–Crippen MR) is 120 cm³/mol. The molecule has 0 aliphatic carbocycles. The van der Waals surface area contributed by atoms with Gasteiger partial charge in [0.1, 0.15) is 0 Å². The largest absolute Gasteiger partial charge is 0.325 e. The lowest BCUT2D eigenvalue weighted by atomic mass is 10.1. The van der Waals surface area contributed by atoms with Gasteiger partial charge in [-0.05, 0) is 50.1 Å². The predicted octanol–water partition coefficient (Wildman–Crippen LogP) is 4.44. The first kappa shape index (κ1) is 21.7. The lowest BCUT2D eigenvalue weighted by Crippen LogP contribution is -2.37. The minimum atomic E-state index is -3.85. The zero-order valence-electron chi connectivity index (χ0n) is 17.4. The van der Waals surface area contributed by atoms with Crippen molar-refractivity contribution in [3.63, 3.8) is 0 Å². The Hall–Kier alpha value is -2.96. The van der Waals surface area contributed by atoms with Gasteiger partial charge in [0.25, 0.3) is 0 Å². The quantitative estimate of drug-likeness (QED) is 0.612. The molecule has 0 saturated heterocycles. The van der Waals surface area contributed by atoms with E-state index in [1.54, 1.807) is 30.3 Å². The van der Waals surface area contributed by atoms with Crippen molar-refractivity contribution >= 4 is 21.6 Å². The molecule has 0 bridgehead atoms. The van der Waals surface area contributed by atoms with Crippen LogP contribution in [-0.4, -0.2) is 25.2 Å². The molecule has 3 aromatic rings. The van der Waals surface area contributed by atoms with E-state index in [1.165, 1.54) is 4.31 Å². The van der Waals surface area contributed by atoms with Crippen molar-refractivity contribution in [2.45, 2.75) is 32.2 Å². The molecule has 3 rings (SSSR count). The molecule has 30 heavy (non-hydrogen) atoms. The van der Waals surface area contributed by atoms with Crippen LogP contribution in [0.2, 0.25) is 0 Å². The number of benzene rings is 3. The van der Waals surface area contributed by atoms with Gasteiger partial charge >= 0.3 is 0 Å². The highest BCUT2D eigenvalue weighted by molar-refractivity contribution is 7.89. The molecule has 5 nitrogen and oxygen atoms in total. The number of anilines is 1. The molecule has 0 spiro atoms. The number of nitrogens with zero attached hydrogens (tertiary/aromatic N) is 1. The minimum absolute atomic E-state index is 0.110. The van der Waals surface area contributed by atoms with Gasteiger partial charge in [0.15, 0.2) is 0 Å². The SMILES string of the molecule is Cc1ccc(S(=O)(=O)N(CC(=O)Nc2ccccc2C)Cc2cccc(C)c2)cc1. The summed E-state index contributed by atoms with van der Waals surface area (Å²) in [5.74, 6) is -0.382. The van der Waals surface area contributed by atoms with Crippen LogP contribution in [0.25, 0.3) is 0 Å². The number of nitrogens with one attached hydrogen (secondary N) is 1. The maximum absolute atomic E-state index is 13.3. The van der Waals surface area contributed by atoms with E-state index in [1.807, 2.05) is 63.2 Å². The number of rotatable bonds is 7. The van der Waals surface area contributed by atoms with Crippen molar-refractivity contribution in [1.82, 2.24) is 4.31 Å². The van der Waals surface area contributed by atoms with Gasteiger partial charge in [-0.15, -0.1) is 0 Å². The van der Waals surface area contributed by atoms with Crippen molar-refractivity contribution in [3.05, 3.63) is 95.1 Å². The first-order valence-corrected chi connectivity index (χ1v) is 11.2. The second kappa shape index (κ2) is 9.24. The van der Waals surface area contributed by atoms with Crippen LogP contribution in [0.4, 0.5) is 5.69 Å². The van der Waals surface area contributed by atoms with Crippen LogP contribution >= 0.6 is 0 Å². The van der Waals surface area contributed by atoms with E-state index in [2.05, 4.69) is 5.32 Å². The molecule has 0 atom stereocenters. The highest BCUT2D eigenvalue weighted by atomic mass is 32.2. The molecule has 0 aliphatic rings. The summed E-state index contributed by atoms with van der Waals surface area (Å²) in [6.07, 6.45) is 0. The van der Waals surface area contributed by atoms with Crippen LogP contribution in [0.1, 0.15) is 22.3 Å². The van der Waals surface area contributed by atoms with Crippen molar-refractivity contribution in [1.29, 1.82) is 0 Å². The molecular formula is C24H26N2O3S. The summed E-state index contributed by atoms with van der Waals surface area (Å²) in [5, 5.41) is 2.83. The summed E-state index contributed by atoms with van der Waals surface area (Å²) in [6.45, 7) is 5.57. The van der Waals surface area contributed by atoms with E-state index < -0.39 is 10.0 Å². The zero-order chi connectivity index (χ0) is 21.7. The van der Waals surface area contributed by atoms with Gasteiger partial charge in [0.2, 0.25) is 15.9 Å². The van der Waals surface area contributed by atoms with Crippen LogP contribution in [0, 0.1) is 20.8 Å². The van der Waals surface area contributed by atoms with E-state index >= 15 is 0 Å². The van der Waals surface area contributed by atoms with Gasteiger partial charge in [-0.3, -0.25) is 4.79 Å². The van der Waals surface area contributed by atoms with Crippen LogP contribution < -0.4 is 5.32 Å². The summed E-state index contributed by atoms with van der Waals surface area (Å²) in [4.78, 5) is 12.9. The minimum Gasteiger partial charge on any atom is -0.325 e. The highest BCUT2D eigenvalue weighted by Crippen LogP contribution is 2.20. The number of sulfonamides is 1. The maximum Gasteiger partial charge on any atom is 0.243 e. The van der Waals surface area contributed by atoms with Crippen molar-refractivity contribution in [2.75, 3.05) is 11.9 Å². The summed E-state index contributed by atoms with van der Waals surface area (Å²) in [7, 11) is -3.85. The van der Waals surface area contributed by atoms with Gasteiger partial charge in [-0.25, -0.2) is 8.42 Å². The molecule has 6 heteroatoms. The van der Waals surface area contributed by atoms with E-state index in [4.69, 9.17) is 0 Å². The number of carbonyl (C=O) groups is 1. The van der Waals surface area contributed by atoms with Crippen molar-refractivity contribution in [3.8, 4) is 0 Å². The fourth-order valence-electron chi connectivity index (χ4n) is 3.16. The number of para-hydroxylation sites is 1. The van der Waals surface area contributed by atoms with Crippen molar-refractivity contribution in [2.24, 2.45) is 0 Å². The number of amides is 1. The number of hydrogen-bond donors (Lipinski definition) is 1. The summed E-state index contributed by atoms with van der Waals surface area (Å²) >= 11 is 0. The fraction of sp³-hybridized carbons (Fsp3) is 0.208. The Balaban J connectivity index is 1.89. The van der Waals surface area contributed by atoms with Gasteiger partial charge in [-0.2, -0.15) is 4.31 Å². The van der Waals surface area contributed by atoms with Gasteiger partial charge in [0.05, 0.1) is 11.4 Å². The zero-order valence-corrected chi connectivity index (χ0v) is 18.2. The third-order valence-electron chi connectivity index (χ3n) is 4.84. The topological polar surface area (TPSA) is 66.5 Å². The first-order valence-electron chi connectivity index (χ1n) is 9.73. The molecule has 1 N–H and O–H groups in total. The van der Waals surface area contributed by atoms with Gasteiger partial charge < -0.3 is 5.32 Å². The molecule has 0 unspecified atom stereocenters. The summed E-state index contributed by atoms with van der Waals surface area (Å²) in [5.41, 5.74) is 4.42. The fourth-order valence-corrected chi connectivity index (χ4v) is 4.55. The molecule has 0 radical (unpaired) electrons. The van der Waals surface area contributed by atoms with Crippen LogP contribution in [0.3, 0.4) is 0 Å². The Morgan fingerprint density at radius 2 is 1.57 bits per heavy atom. The van der Waals surface area contributed by atoms with Gasteiger partial charge in [0, 0.05) is 12.2 Å². The molecule has 1 amide bonds. The summed E-state index contributed by atoms with van der Waals surface area (Å²) in [6, 6.07) is 21.7.